The lowest BCUT2D eigenvalue weighted by Crippen LogP contribution is -2.53. The molecule has 0 heterocycles. The molecule has 0 radical (unpaired) electrons. The van der Waals surface area contributed by atoms with Gasteiger partial charge in [0.2, 0.25) is 17.7 Å². The molecule has 51 nitrogen and oxygen atoms in total. The van der Waals surface area contributed by atoms with Gasteiger partial charge in [-0.3, -0.25) is 69.7 Å². The van der Waals surface area contributed by atoms with E-state index in [0.29, 0.717) is 76.3 Å². The van der Waals surface area contributed by atoms with Gasteiger partial charge in [-0.15, -0.1) is 0 Å². The Morgan fingerprint density at radius 3 is 0.850 bits per heavy atom. The van der Waals surface area contributed by atoms with E-state index in [1.54, 1.807) is 76.2 Å². The van der Waals surface area contributed by atoms with Gasteiger partial charge in [0.05, 0.1) is 84.7 Å². The van der Waals surface area contributed by atoms with Gasteiger partial charge >= 0.3 is 17.9 Å². The molecule has 0 spiro atoms. The van der Waals surface area contributed by atoms with E-state index in [-0.39, 0.29) is 189 Å². The molecule has 0 saturated carbocycles. The number of methoxy groups -OCH3 is 1. The summed E-state index contributed by atoms with van der Waals surface area (Å²) in [5.74, 6) is -4.23. The molecule has 0 bridgehead atoms. The van der Waals surface area contributed by atoms with Crippen molar-refractivity contribution in [1.29, 1.82) is 0 Å². The van der Waals surface area contributed by atoms with Crippen molar-refractivity contribution in [1.82, 2.24) is 53.2 Å². The highest BCUT2D eigenvalue weighted by Gasteiger charge is 2.33. The molecule has 2 aromatic carbocycles. The first-order valence-electron chi connectivity index (χ1n) is 47.3. The van der Waals surface area contributed by atoms with Gasteiger partial charge in [0, 0.05) is 23.7 Å². The predicted octanol–water partition coefficient (Wildman–Crippen LogP) is 2.09. The van der Waals surface area contributed by atoms with E-state index in [9.17, 15) is 105 Å². The highest BCUT2D eigenvalue weighted by atomic mass is 32.3. The molecule has 1 unspecified atom stereocenters. The molecule has 0 aliphatic carbocycles. The number of carboxylic acids is 1. The minimum Gasteiger partial charge on any atom is -0.480 e. The van der Waals surface area contributed by atoms with Crippen molar-refractivity contribution in [3.63, 3.8) is 0 Å². The summed E-state index contributed by atoms with van der Waals surface area (Å²) in [6.07, 6.45) is 5.06. The number of amides is 3. The molecule has 10 atom stereocenters. The number of rotatable bonds is 63. The summed E-state index contributed by atoms with van der Waals surface area (Å²) in [4.78, 5) is 67.9. The minimum absolute atomic E-state index is 0.00334. The van der Waals surface area contributed by atoms with Crippen molar-refractivity contribution >= 4 is 127 Å². The number of benzene rings is 2. The number of aliphatic hydroxyl groups is 3. The Morgan fingerprint density at radius 1 is 0.361 bits per heavy atom. The van der Waals surface area contributed by atoms with Gasteiger partial charge < -0.3 is 94.5 Å². The monoisotopic (exact) mass is 2300 g/mol. The van der Waals surface area contributed by atoms with Gasteiger partial charge in [-0.25, -0.2) is 0 Å². The van der Waals surface area contributed by atoms with Crippen LogP contribution in [0, 0.1) is 29.1 Å². The zero-order chi connectivity index (χ0) is 116. The summed E-state index contributed by atoms with van der Waals surface area (Å²) in [6, 6.07) is 14.4. The zero-order valence-electron chi connectivity index (χ0n) is 88.4. The van der Waals surface area contributed by atoms with Crippen LogP contribution in [0.5, 0.6) is 0 Å². The fourth-order valence-electron chi connectivity index (χ4n) is 11.7. The van der Waals surface area contributed by atoms with E-state index in [0.717, 1.165) is 30.4 Å². The maximum absolute atomic E-state index is 12.1. The van der Waals surface area contributed by atoms with Crippen molar-refractivity contribution in [3.8, 4) is 0 Å². The number of nitrogens with two attached hydrogens (primary N) is 2. The van der Waals surface area contributed by atoms with E-state index >= 15 is 0 Å². The van der Waals surface area contributed by atoms with Crippen LogP contribution < -0.4 is 64.6 Å². The highest BCUT2D eigenvalue weighted by molar-refractivity contribution is 7.87. The van der Waals surface area contributed by atoms with E-state index in [1.165, 1.54) is 14.0 Å². The lowest BCUT2D eigenvalue weighted by Gasteiger charge is -2.29. The summed E-state index contributed by atoms with van der Waals surface area (Å²) in [5.41, 5.74) is 10.8. The predicted molar refractivity (Wildman–Crippen MR) is 563 cm³/mol. The first kappa shape index (κ1) is 154. The number of carbonyl (C=O) groups excluding carboxylic acids is 5. The third kappa shape index (κ3) is 110. The van der Waals surface area contributed by atoms with Crippen molar-refractivity contribution in [3.05, 3.63) is 71.8 Å². The molecule has 60 heteroatoms. The second-order valence-electron chi connectivity index (χ2n) is 38.1. The molecule has 0 aromatic heterocycles. The number of aliphatic hydroxyl groups excluding tert-OH is 3. The number of nitrogens with one attached hydrogen (secondary N) is 10. The standard InChI is InChI=1S/C12H26N2O4S.2C11H16N2O4S.2C10H21NO5S.3C9H21NO4S.C6H13NO5S/c1-9(2)10(11(15)14-12(3,4)5)13-7-6-8-19(16,17)18;2*12-11(14)10(9-5-2-1-3-6-9)13-7-4-8-18(15,16)17;1-10(2,3)8(9(12)16-4)11-6-5-7-17(13,14)15;1-8(9(12)16-10(2,3)4)11-6-5-7-17(13,14)15;2*1-8(2)6-9(7-11)10-4-3-5-15(12,13)14;1-3-8(2)9(7-11)10-5-4-6-15(12,13)14;1-5(6(8)9)7-3-2-4-13(10,11)12/h9-10,13H,6-8H2,1-5H3,(H,14,15)(H,16,17,18);2*1-3,5-6,10,13H,4,7-8H2,(H2,12,14)(H,15,16,17);2*8,11H,5-7H2,1-4H3,(H,13,14,15);3*8-11H,3-7H2,1-2H3,(H,12,13,14);5,7H,2-4H2,1H3,(H,8,9)(H,10,11,12)/t3*10-;2*8-;2*9-;8?,9-;5-/m010101010/s1. The fourth-order valence-corrected chi connectivity index (χ4v) is 16.3. The van der Waals surface area contributed by atoms with Crippen LogP contribution in [0.2, 0.25) is 0 Å². The first-order chi connectivity index (χ1) is 66.7. The van der Waals surface area contributed by atoms with Crippen LogP contribution in [0.1, 0.15) is 232 Å². The van der Waals surface area contributed by atoms with Crippen LogP contribution in [0.3, 0.4) is 0 Å². The van der Waals surface area contributed by atoms with E-state index in [2.05, 4.69) is 85.6 Å². The summed E-state index contributed by atoms with van der Waals surface area (Å²) < 4.78 is 274. The normalized spacial score (nSPS) is 14.3. The molecular formula is C87H176N12O39S9. The number of hydrogen-bond donors (Lipinski definition) is 25. The number of ether oxygens (including phenoxy) is 2. The Labute approximate surface area is 873 Å². The first-order valence-corrected chi connectivity index (χ1v) is 61.8. The second kappa shape index (κ2) is 79.9. The summed E-state index contributed by atoms with van der Waals surface area (Å²) in [7, 11) is -33.9. The maximum atomic E-state index is 12.1. The number of carbonyl (C=O) groups is 6. The molecule has 147 heavy (non-hydrogen) atoms. The lowest BCUT2D eigenvalue weighted by molar-refractivity contribution is -0.157. The van der Waals surface area contributed by atoms with Crippen LogP contribution in [-0.4, -0.2) is 364 Å². The second-order valence-corrected chi connectivity index (χ2v) is 52.3. The van der Waals surface area contributed by atoms with Crippen molar-refractivity contribution in [2.45, 2.75) is 274 Å². The molecule has 2 rings (SSSR count). The van der Waals surface area contributed by atoms with E-state index in [4.69, 9.17) is 77.6 Å². The van der Waals surface area contributed by atoms with Crippen molar-refractivity contribution in [2.75, 3.05) is 138 Å². The molecule has 0 aliphatic heterocycles. The van der Waals surface area contributed by atoms with Gasteiger partial charge in [-0.05, 0) is 225 Å². The SMILES string of the molecule is CC(C)C[C@@H](CO)NCCCS(=O)(=O)O.CC(C)C[C@H](CO)NCCCS(=O)(=O)O.CC(C)[C@H](NCCCS(=O)(=O)O)C(=O)NC(C)(C)C.CCC(C)[C@@H](CO)NCCCS(=O)(=O)O.COC(=O)[C@@H](NCCCS(=O)(=O)O)C(C)(C)C.C[C@H](NCCCS(=O)(=O)O)C(=O)O.C[C@H](NCCCS(=O)(=O)O)C(=O)OC(C)(C)C.NC(=O)[C@@H](NCCCS(=O)(=O)O)c1ccccc1.NC(=O)[C@H](NCCCS(=O)(=O)O)c1ccccc1. The van der Waals surface area contributed by atoms with Crippen LogP contribution in [0.4, 0.5) is 0 Å². The number of esters is 2. The van der Waals surface area contributed by atoms with Crippen LogP contribution in [0.25, 0.3) is 0 Å². The third-order valence-corrected chi connectivity index (χ3v) is 26.2. The number of carboxylic acid groups (broad SMARTS) is 1. The van der Waals surface area contributed by atoms with E-state index in [1.807, 2.05) is 81.4 Å². The molecule has 0 saturated heterocycles. The Balaban J connectivity index is -0.000000301. The fraction of sp³-hybridized carbons (Fsp3) is 0.793. The van der Waals surface area contributed by atoms with Gasteiger partial charge in [0.1, 0.15) is 35.8 Å². The Hall–Kier alpha value is -6.03. The van der Waals surface area contributed by atoms with Crippen LogP contribution in [0.15, 0.2) is 60.7 Å². The average Bonchev–Trinajstić information content (AvgIpc) is 0.840. The highest BCUT2D eigenvalue weighted by Crippen LogP contribution is 2.21. The number of aliphatic carboxylic acids is 1. The Bertz CT molecular complexity index is 4860. The quantitative estimate of drug-likeness (QED) is 0.0256. The van der Waals surface area contributed by atoms with Crippen LogP contribution >= 0.6 is 0 Å². The van der Waals surface area contributed by atoms with Gasteiger partial charge in [-0.1, -0.05) is 143 Å². The Morgan fingerprint density at radius 2 is 0.626 bits per heavy atom. The zero-order valence-corrected chi connectivity index (χ0v) is 95.7. The molecule has 3 amide bonds. The van der Waals surface area contributed by atoms with Crippen molar-refractivity contribution in [2.24, 2.45) is 40.6 Å². The summed E-state index contributed by atoms with van der Waals surface area (Å²) in [5, 5.41) is 64.6. The number of primary amides is 2. The maximum Gasteiger partial charge on any atom is 0.323 e. The smallest absolute Gasteiger partial charge is 0.323 e. The molecule has 27 N–H and O–H groups in total. The molecular weight excluding hydrogens is 2130 g/mol. The molecule has 0 aliphatic rings. The minimum atomic E-state index is -3.96. The van der Waals surface area contributed by atoms with Gasteiger partial charge in [-0.2, -0.15) is 75.8 Å². The molecule has 2 aromatic rings. The summed E-state index contributed by atoms with van der Waals surface area (Å²) >= 11 is 0. The topological polar surface area (TPSA) is 863 Å². The number of hydrogen-bond acceptors (Lipinski definition) is 38. The summed E-state index contributed by atoms with van der Waals surface area (Å²) in [6.45, 7) is 39.3. The molecule has 872 valence electrons. The van der Waals surface area contributed by atoms with E-state index < -0.39 is 145 Å². The third-order valence-electron chi connectivity index (χ3n) is 19.0. The van der Waals surface area contributed by atoms with Gasteiger partial charge in [0.25, 0.3) is 91.1 Å². The lowest BCUT2D eigenvalue weighted by atomic mass is 9.86. The van der Waals surface area contributed by atoms with Crippen LogP contribution in [-0.2, 0) is 129 Å². The average molecular weight is 2300 g/mol. The largest absolute Gasteiger partial charge is 0.480 e. The Kier molecular flexibility index (Phi) is 83.6. The van der Waals surface area contributed by atoms with Crippen molar-refractivity contribution < 1.29 is 175 Å². The molecule has 0 fully saturated rings. The van der Waals surface area contributed by atoms with Gasteiger partial charge in [0.15, 0.2) is 0 Å².